The molecule has 1 amide bonds. The first-order chi connectivity index (χ1) is 12.1. The molecule has 0 unspecified atom stereocenters. The molecule has 2 aromatic carbocycles. The van der Waals surface area contributed by atoms with E-state index in [9.17, 15) is 9.59 Å². The number of carbonyl (C=O) groups excluding carboxylic acids is 1. The molecule has 1 heterocycles. The van der Waals surface area contributed by atoms with E-state index in [1.165, 1.54) is 7.11 Å². The lowest BCUT2D eigenvalue weighted by molar-refractivity contribution is 0.0948. The van der Waals surface area contributed by atoms with E-state index in [0.717, 1.165) is 5.39 Å². The van der Waals surface area contributed by atoms with Gasteiger partial charge in [-0.3, -0.25) is 9.59 Å². The van der Waals surface area contributed by atoms with E-state index in [2.05, 4.69) is 10.3 Å². The van der Waals surface area contributed by atoms with Crippen molar-refractivity contribution in [2.75, 3.05) is 14.2 Å². The van der Waals surface area contributed by atoms with Gasteiger partial charge in [0, 0.05) is 23.0 Å². The van der Waals surface area contributed by atoms with Crippen LogP contribution in [-0.2, 0) is 6.54 Å². The van der Waals surface area contributed by atoms with Crippen LogP contribution in [0.4, 0.5) is 0 Å². The van der Waals surface area contributed by atoms with Crippen molar-refractivity contribution in [1.82, 2.24) is 10.3 Å². The van der Waals surface area contributed by atoms with Gasteiger partial charge in [0.1, 0.15) is 11.5 Å². The maximum Gasteiger partial charge on any atom is 0.255 e. The molecule has 0 saturated heterocycles. The van der Waals surface area contributed by atoms with Crippen molar-refractivity contribution in [1.29, 1.82) is 0 Å². The van der Waals surface area contributed by atoms with Crippen LogP contribution in [0.1, 0.15) is 15.9 Å². The number of nitrogens with one attached hydrogen (secondary N) is 2. The van der Waals surface area contributed by atoms with Crippen molar-refractivity contribution in [2.24, 2.45) is 0 Å². The summed E-state index contributed by atoms with van der Waals surface area (Å²) in [5.74, 6) is 0.878. The van der Waals surface area contributed by atoms with E-state index in [4.69, 9.17) is 9.47 Å². The monoisotopic (exact) mass is 338 g/mol. The Labute approximate surface area is 144 Å². The minimum absolute atomic E-state index is 0.110. The van der Waals surface area contributed by atoms with Crippen molar-refractivity contribution in [3.63, 3.8) is 0 Å². The van der Waals surface area contributed by atoms with Crippen LogP contribution in [0, 0.1) is 0 Å². The third-order valence-corrected chi connectivity index (χ3v) is 3.92. The zero-order chi connectivity index (χ0) is 17.8. The molecule has 0 radical (unpaired) electrons. The Kier molecular flexibility index (Phi) is 4.70. The summed E-state index contributed by atoms with van der Waals surface area (Å²) in [5.41, 5.74) is 1.36. The number of hydrogen-bond acceptors (Lipinski definition) is 4. The first-order valence-corrected chi connectivity index (χ1v) is 7.73. The van der Waals surface area contributed by atoms with Gasteiger partial charge in [0.2, 0.25) is 0 Å². The number of carbonyl (C=O) groups is 1. The van der Waals surface area contributed by atoms with E-state index < -0.39 is 0 Å². The van der Waals surface area contributed by atoms with Crippen molar-refractivity contribution in [3.8, 4) is 11.5 Å². The number of fused-ring (bicyclic) bond motifs is 1. The van der Waals surface area contributed by atoms with Gasteiger partial charge in [0.05, 0.1) is 19.8 Å². The fraction of sp³-hybridized carbons (Fsp3) is 0.158. The SMILES string of the molecule is COc1ccc2[nH]c(=O)c(CNC(=O)c3ccccc3OC)cc2c1. The Hall–Kier alpha value is -3.28. The molecule has 0 fully saturated rings. The number of aromatic nitrogens is 1. The van der Waals surface area contributed by atoms with E-state index in [1.54, 1.807) is 49.6 Å². The maximum atomic E-state index is 12.3. The smallest absolute Gasteiger partial charge is 0.255 e. The molecule has 128 valence electrons. The largest absolute Gasteiger partial charge is 0.497 e. The van der Waals surface area contributed by atoms with Gasteiger partial charge in [-0.1, -0.05) is 12.1 Å². The Morgan fingerprint density at radius 1 is 1.08 bits per heavy atom. The summed E-state index contributed by atoms with van der Waals surface area (Å²) in [6, 6.07) is 14.1. The first kappa shape index (κ1) is 16.6. The summed E-state index contributed by atoms with van der Waals surface area (Å²) in [6.07, 6.45) is 0. The number of para-hydroxylation sites is 1. The molecule has 0 saturated carbocycles. The van der Waals surface area contributed by atoms with Gasteiger partial charge in [-0.15, -0.1) is 0 Å². The molecule has 0 bridgehead atoms. The number of benzene rings is 2. The summed E-state index contributed by atoms with van der Waals surface area (Å²) >= 11 is 0. The van der Waals surface area contributed by atoms with Gasteiger partial charge in [-0.25, -0.2) is 0 Å². The third kappa shape index (κ3) is 3.47. The maximum absolute atomic E-state index is 12.3. The van der Waals surface area contributed by atoms with Crippen molar-refractivity contribution in [2.45, 2.75) is 6.54 Å². The lowest BCUT2D eigenvalue weighted by atomic mass is 10.1. The third-order valence-electron chi connectivity index (χ3n) is 3.92. The summed E-state index contributed by atoms with van der Waals surface area (Å²) in [4.78, 5) is 27.4. The van der Waals surface area contributed by atoms with Crippen LogP contribution in [0.25, 0.3) is 10.9 Å². The molecule has 0 aliphatic carbocycles. The van der Waals surface area contributed by atoms with Gasteiger partial charge >= 0.3 is 0 Å². The molecule has 0 atom stereocenters. The van der Waals surface area contributed by atoms with Crippen LogP contribution >= 0.6 is 0 Å². The molecule has 0 spiro atoms. The molecule has 25 heavy (non-hydrogen) atoms. The van der Waals surface area contributed by atoms with Crippen LogP contribution in [-0.4, -0.2) is 25.1 Å². The van der Waals surface area contributed by atoms with Crippen molar-refractivity contribution < 1.29 is 14.3 Å². The number of H-pyrrole nitrogens is 1. The lowest BCUT2D eigenvalue weighted by Gasteiger charge is -2.09. The second-order valence-electron chi connectivity index (χ2n) is 5.46. The van der Waals surface area contributed by atoms with E-state index >= 15 is 0 Å². The number of hydrogen-bond donors (Lipinski definition) is 2. The van der Waals surface area contributed by atoms with Crippen LogP contribution in [0.2, 0.25) is 0 Å². The van der Waals surface area contributed by atoms with Gasteiger partial charge in [-0.2, -0.15) is 0 Å². The van der Waals surface area contributed by atoms with Gasteiger partial charge in [0.25, 0.3) is 11.5 Å². The van der Waals surface area contributed by atoms with Crippen LogP contribution < -0.4 is 20.3 Å². The highest BCUT2D eigenvalue weighted by Crippen LogP contribution is 2.19. The second kappa shape index (κ2) is 7.09. The van der Waals surface area contributed by atoms with Gasteiger partial charge < -0.3 is 19.8 Å². The number of pyridine rings is 1. The van der Waals surface area contributed by atoms with E-state index in [0.29, 0.717) is 28.1 Å². The molecule has 6 nitrogen and oxygen atoms in total. The minimum Gasteiger partial charge on any atom is -0.497 e. The van der Waals surface area contributed by atoms with E-state index in [-0.39, 0.29) is 18.0 Å². The van der Waals surface area contributed by atoms with Crippen molar-refractivity contribution in [3.05, 3.63) is 70.0 Å². The molecule has 1 aromatic heterocycles. The molecular weight excluding hydrogens is 320 g/mol. The van der Waals surface area contributed by atoms with Crippen LogP contribution in [0.5, 0.6) is 11.5 Å². The van der Waals surface area contributed by atoms with Gasteiger partial charge in [0.15, 0.2) is 0 Å². The number of amides is 1. The Morgan fingerprint density at radius 3 is 2.64 bits per heavy atom. The summed E-state index contributed by atoms with van der Waals surface area (Å²) in [7, 11) is 3.09. The highest BCUT2D eigenvalue weighted by atomic mass is 16.5. The molecule has 0 aliphatic rings. The predicted molar refractivity (Wildman–Crippen MR) is 95.3 cm³/mol. The summed E-state index contributed by atoms with van der Waals surface area (Å²) in [5, 5.41) is 3.59. The van der Waals surface area contributed by atoms with Crippen molar-refractivity contribution >= 4 is 16.8 Å². The molecule has 3 rings (SSSR count). The van der Waals surface area contributed by atoms with Crippen LogP contribution in [0.15, 0.2) is 53.3 Å². The number of methoxy groups -OCH3 is 2. The number of aromatic amines is 1. The Morgan fingerprint density at radius 2 is 1.88 bits per heavy atom. The Bertz CT molecular complexity index is 979. The lowest BCUT2D eigenvalue weighted by Crippen LogP contribution is -2.27. The molecule has 2 N–H and O–H groups in total. The molecule has 0 aliphatic heterocycles. The fourth-order valence-corrected chi connectivity index (χ4v) is 2.59. The Balaban J connectivity index is 1.84. The zero-order valence-corrected chi connectivity index (χ0v) is 14.0. The highest BCUT2D eigenvalue weighted by molar-refractivity contribution is 5.96. The van der Waals surface area contributed by atoms with Crippen LogP contribution in [0.3, 0.4) is 0 Å². The molecule has 6 heteroatoms. The quantitative estimate of drug-likeness (QED) is 0.749. The average Bonchev–Trinajstić information content (AvgIpc) is 2.65. The van der Waals surface area contributed by atoms with Gasteiger partial charge in [-0.05, 0) is 36.4 Å². The zero-order valence-electron chi connectivity index (χ0n) is 14.0. The molecular formula is C19H18N2O4. The number of rotatable bonds is 5. The number of ether oxygens (including phenoxy) is 2. The highest BCUT2D eigenvalue weighted by Gasteiger charge is 2.12. The summed E-state index contributed by atoms with van der Waals surface area (Å²) < 4.78 is 10.4. The average molecular weight is 338 g/mol. The second-order valence-corrected chi connectivity index (χ2v) is 5.46. The molecule has 3 aromatic rings. The first-order valence-electron chi connectivity index (χ1n) is 7.73. The normalized spacial score (nSPS) is 10.5. The topological polar surface area (TPSA) is 80.4 Å². The minimum atomic E-state index is -0.303. The van der Waals surface area contributed by atoms with E-state index in [1.807, 2.05) is 6.07 Å². The fourth-order valence-electron chi connectivity index (χ4n) is 2.59. The predicted octanol–water partition coefficient (Wildman–Crippen LogP) is 2.48. The summed E-state index contributed by atoms with van der Waals surface area (Å²) in [6.45, 7) is 0.110. The standard InChI is InChI=1S/C19H18N2O4/c1-24-14-7-8-16-12(10-14)9-13(18(22)21-16)11-20-19(23)15-5-3-4-6-17(15)25-2/h3-10H,11H2,1-2H3,(H,20,23)(H,21,22).